The third-order valence-electron chi connectivity index (χ3n) is 3.08. The van der Waals surface area contributed by atoms with Crippen LogP contribution in [0.5, 0.6) is 0 Å². The molecule has 110 valence electrons. The number of ether oxygens (including phenoxy) is 2. The fraction of sp³-hybridized carbons (Fsp3) is 0.833. The van der Waals surface area contributed by atoms with Gasteiger partial charge in [-0.1, -0.05) is 0 Å². The van der Waals surface area contributed by atoms with Gasteiger partial charge in [0.15, 0.2) is 0 Å². The molecule has 0 heterocycles. The Morgan fingerprint density at radius 3 is 2.11 bits per heavy atom. The van der Waals surface area contributed by atoms with Crippen molar-refractivity contribution in [2.45, 2.75) is 44.1 Å². The number of carbonyl (C=O) groups excluding carboxylic acids is 2. The van der Waals surface area contributed by atoms with Crippen molar-refractivity contribution in [2.24, 2.45) is 0 Å². The smallest absolute Gasteiger partial charge is 0.410 e. The van der Waals surface area contributed by atoms with Crippen molar-refractivity contribution in [3.8, 4) is 0 Å². The maximum atomic E-state index is 13.2. The molecule has 0 unspecified atom stereocenters. The van der Waals surface area contributed by atoms with Crippen molar-refractivity contribution in [3.63, 3.8) is 0 Å². The number of carbonyl (C=O) groups is 2. The number of amides is 1. The highest BCUT2D eigenvalue weighted by Crippen LogP contribution is 2.41. The summed E-state index contributed by atoms with van der Waals surface area (Å²) >= 11 is 0. The summed E-state index contributed by atoms with van der Waals surface area (Å²) in [5.74, 6) is -3.57. The van der Waals surface area contributed by atoms with E-state index in [-0.39, 0.29) is 19.4 Å². The highest BCUT2D eigenvalue weighted by molar-refractivity contribution is 5.83. The molecule has 19 heavy (non-hydrogen) atoms. The lowest BCUT2D eigenvalue weighted by Crippen LogP contribution is -2.50. The number of rotatable bonds is 3. The van der Waals surface area contributed by atoms with Crippen LogP contribution in [0, 0.1) is 0 Å². The molecule has 0 bridgehead atoms. The van der Waals surface area contributed by atoms with Gasteiger partial charge in [-0.25, -0.2) is 18.4 Å². The maximum Gasteiger partial charge on any atom is 0.410 e. The maximum absolute atomic E-state index is 13.2. The van der Waals surface area contributed by atoms with E-state index in [9.17, 15) is 18.4 Å². The summed E-state index contributed by atoms with van der Waals surface area (Å²) in [6.07, 6.45) is -2.17. The Labute approximate surface area is 110 Å². The molecule has 0 radical (unpaired) electrons. The van der Waals surface area contributed by atoms with Gasteiger partial charge in [0.1, 0.15) is 0 Å². The highest BCUT2D eigenvalue weighted by Gasteiger charge is 2.52. The van der Waals surface area contributed by atoms with Crippen LogP contribution in [0.3, 0.4) is 0 Å². The zero-order chi connectivity index (χ0) is 14.7. The van der Waals surface area contributed by atoms with Gasteiger partial charge in [0.2, 0.25) is 11.5 Å². The summed E-state index contributed by atoms with van der Waals surface area (Å²) < 4.78 is 36.4. The van der Waals surface area contributed by atoms with Crippen LogP contribution < -0.4 is 0 Å². The van der Waals surface area contributed by atoms with Gasteiger partial charge in [0, 0.05) is 39.8 Å². The normalized spacial score (nSPS) is 20.5. The number of alkyl halides is 2. The predicted molar refractivity (Wildman–Crippen MR) is 62.9 cm³/mol. The Morgan fingerprint density at radius 1 is 1.16 bits per heavy atom. The molecular weight excluding hydrogens is 260 g/mol. The van der Waals surface area contributed by atoms with Gasteiger partial charge in [0.25, 0.3) is 0 Å². The van der Waals surface area contributed by atoms with Crippen LogP contribution in [0.4, 0.5) is 13.6 Å². The standard InChI is InChI=1S/C12H19F2NO4/c1-4-18-9(16)11(19-10(17)15(2)3)5-7-12(13,14)8-6-11/h4-8H2,1-3H3. The summed E-state index contributed by atoms with van der Waals surface area (Å²) in [4.78, 5) is 24.7. The minimum Gasteiger partial charge on any atom is -0.463 e. The lowest BCUT2D eigenvalue weighted by Gasteiger charge is -2.37. The Hall–Kier alpha value is -1.40. The van der Waals surface area contributed by atoms with E-state index in [0.29, 0.717) is 0 Å². The topological polar surface area (TPSA) is 55.8 Å². The molecule has 5 nitrogen and oxygen atoms in total. The summed E-state index contributed by atoms with van der Waals surface area (Å²) in [6.45, 7) is 1.72. The van der Waals surface area contributed by atoms with E-state index >= 15 is 0 Å². The van der Waals surface area contributed by atoms with E-state index in [4.69, 9.17) is 9.47 Å². The number of nitrogens with zero attached hydrogens (tertiary/aromatic N) is 1. The summed E-state index contributed by atoms with van der Waals surface area (Å²) in [7, 11) is 2.91. The molecule has 0 spiro atoms. The molecule has 0 N–H and O–H groups in total. The van der Waals surface area contributed by atoms with Crippen LogP contribution in [0.2, 0.25) is 0 Å². The summed E-state index contributed by atoms with van der Waals surface area (Å²) in [5, 5.41) is 0. The second-order valence-corrected chi connectivity index (χ2v) is 4.83. The Balaban J connectivity index is 2.86. The van der Waals surface area contributed by atoms with Crippen LogP contribution in [0.1, 0.15) is 32.6 Å². The number of hydrogen-bond acceptors (Lipinski definition) is 4. The van der Waals surface area contributed by atoms with Gasteiger partial charge in [0.05, 0.1) is 6.61 Å². The van der Waals surface area contributed by atoms with Crippen molar-refractivity contribution in [1.82, 2.24) is 4.90 Å². The van der Waals surface area contributed by atoms with Gasteiger partial charge >= 0.3 is 12.1 Å². The fourth-order valence-electron chi connectivity index (χ4n) is 1.89. The van der Waals surface area contributed by atoms with Gasteiger partial charge in [-0.15, -0.1) is 0 Å². The molecule has 7 heteroatoms. The molecule has 0 atom stereocenters. The van der Waals surface area contributed by atoms with Gasteiger partial charge in [-0.05, 0) is 6.92 Å². The molecule has 1 aliphatic carbocycles. The molecular formula is C12H19F2NO4. The number of halogens is 2. The van der Waals surface area contributed by atoms with Crippen LogP contribution in [-0.4, -0.2) is 49.2 Å². The fourth-order valence-corrected chi connectivity index (χ4v) is 1.89. The lowest BCUT2D eigenvalue weighted by molar-refractivity contribution is -0.178. The van der Waals surface area contributed by atoms with Crippen LogP contribution in [-0.2, 0) is 14.3 Å². The van der Waals surface area contributed by atoms with Crippen LogP contribution in [0.15, 0.2) is 0 Å². The molecule has 1 rings (SSSR count). The van der Waals surface area contributed by atoms with E-state index < -0.39 is 36.4 Å². The van der Waals surface area contributed by atoms with Crippen molar-refractivity contribution in [3.05, 3.63) is 0 Å². The summed E-state index contributed by atoms with van der Waals surface area (Å²) in [5.41, 5.74) is -1.58. The minimum atomic E-state index is -2.82. The SMILES string of the molecule is CCOC(=O)C1(OC(=O)N(C)C)CCC(F)(F)CC1. The number of esters is 1. The lowest BCUT2D eigenvalue weighted by atomic mass is 9.82. The average molecular weight is 279 g/mol. The van der Waals surface area contributed by atoms with Crippen molar-refractivity contribution in [2.75, 3.05) is 20.7 Å². The van der Waals surface area contributed by atoms with E-state index in [0.717, 1.165) is 4.90 Å². The zero-order valence-corrected chi connectivity index (χ0v) is 11.4. The van der Waals surface area contributed by atoms with Gasteiger partial charge < -0.3 is 14.4 Å². The first kappa shape index (κ1) is 15.7. The van der Waals surface area contributed by atoms with Gasteiger partial charge in [-0.3, -0.25) is 0 Å². The summed E-state index contributed by atoms with van der Waals surface area (Å²) in [6, 6.07) is 0. The van der Waals surface area contributed by atoms with Gasteiger partial charge in [-0.2, -0.15) is 0 Å². The van der Waals surface area contributed by atoms with Crippen LogP contribution in [0.25, 0.3) is 0 Å². The van der Waals surface area contributed by atoms with Crippen LogP contribution >= 0.6 is 0 Å². The molecule has 1 saturated carbocycles. The highest BCUT2D eigenvalue weighted by atomic mass is 19.3. The first-order chi connectivity index (χ1) is 8.72. The van der Waals surface area contributed by atoms with E-state index in [1.165, 1.54) is 14.1 Å². The molecule has 0 aromatic heterocycles. The Kier molecular flexibility index (Phi) is 4.70. The van der Waals surface area contributed by atoms with E-state index in [1.54, 1.807) is 6.92 Å². The van der Waals surface area contributed by atoms with Crippen molar-refractivity contribution in [1.29, 1.82) is 0 Å². The Bertz CT molecular complexity index is 348. The second-order valence-electron chi connectivity index (χ2n) is 4.83. The van der Waals surface area contributed by atoms with Crippen molar-refractivity contribution >= 4 is 12.1 Å². The molecule has 1 aliphatic rings. The monoisotopic (exact) mass is 279 g/mol. The van der Waals surface area contributed by atoms with Crippen molar-refractivity contribution < 1.29 is 27.8 Å². The zero-order valence-electron chi connectivity index (χ0n) is 11.4. The second kappa shape index (κ2) is 5.71. The Morgan fingerprint density at radius 2 is 1.68 bits per heavy atom. The first-order valence-electron chi connectivity index (χ1n) is 6.18. The third-order valence-corrected chi connectivity index (χ3v) is 3.08. The molecule has 0 aromatic carbocycles. The molecule has 0 aromatic rings. The quantitative estimate of drug-likeness (QED) is 0.743. The minimum absolute atomic E-state index is 0.108. The average Bonchev–Trinajstić information content (AvgIpc) is 2.32. The molecule has 1 amide bonds. The van der Waals surface area contributed by atoms with E-state index in [1.807, 2.05) is 0 Å². The first-order valence-corrected chi connectivity index (χ1v) is 6.18. The molecule has 0 saturated heterocycles. The largest absolute Gasteiger partial charge is 0.463 e. The number of hydrogen-bond donors (Lipinski definition) is 0. The van der Waals surface area contributed by atoms with E-state index in [2.05, 4.69) is 0 Å². The molecule has 0 aliphatic heterocycles. The third kappa shape index (κ3) is 3.78. The molecule has 1 fully saturated rings. The predicted octanol–water partition coefficient (Wildman–Crippen LogP) is 2.20.